The molecule has 0 fully saturated rings. The molecule has 0 spiro atoms. The van der Waals surface area contributed by atoms with Crippen LogP contribution in [0.3, 0.4) is 0 Å². The van der Waals surface area contributed by atoms with Crippen LogP contribution in [0.4, 0.5) is 5.82 Å². The van der Waals surface area contributed by atoms with E-state index in [1.54, 1.807) is 6.20 Å². The summed E-state index contributed by atoms with van der Waals surface area (Å²) in [5, 5.41) is 11.4. The predicted molar refractivity (Wildman–Crippen MR) is 66.8 cm³/mol. The molecule has 5 nitrogen and oxygen atoms in total. The largest absolute Gasteiger partial charge is 0.369 e. The first-order valence-corrected chi connectivity index (χ1v) is 5.76. The Kier molecular flexibility index (Phi) is 3.69. The highest BCUT2D eigenvalue weighted by molar-refractivity contribution is 5.37. The molecule has 0 saturated carbocycles. The Labute approximate surface area is 101 Å². The van der Waals surface area contributed by atoms with Gasteiger partial charge in [0.15, 0.2) is 0 Å². The maximum Gasteiger partial charge on any atom is 0.148 e. The van der Waals surface area contributed by atoms with E-state index in [1.165, 1.54) is 0 Å². The predicted octanol–water partition coefficient (Wildman–Crippen LogP) is 1.79. The quantitative estimate of drug-likeness (QED) is 0.797. The summed E-state index contributed by atoms with van der Waals surface area (Å²) >= 11 is 0. The highest BCUT2D eigenvalue weighted by Crippen LogP contribution is 2.07. The van der Waals surface area contributed by atoms with Crippen molar-refractivity contribution in [2.45, 2.75) is 26.8 Å². The average molecular weight is 231 g/mol. The second kappa shape index (κ2) is 5.43. The third-order valence-corrected chi connectivity index (χ3v) is 2.69. The minimum Gasteiger partial charge on any atom is -0.369 e. The number of nitrogens with zero attached hydrogens (tertiary/aromatic N) is 4. The third kappa shape index (κ3) is 3.27. The van der Waals surface area contributed by atoms with Crippen LogP contribution >= 0.6 is 0 Å². The Balaban J connectivity index is 1.76. The normalized spacial score (nSPS) is 10.5. The fourth-order valence-corrected chi connectivity index (χ4v) is 1.53. The lowest BCUT2D eigenvalue weighted by molar-refractivity contribution is 0.659. The fraction of sp³-hybridized carbons (Fsp3) is 0.417. The minimum atomic E-state index is 0.846. The summed E-state index contributed by atoms with van der Waals surface area (Å²) in [6, 6.07) is 2.03. The van der Waals surface area contributed by atoms with Gasteiger partial charge < -0.3 is 9.88 Å². The van der Waals surface area contributed by atoms with Crippen LogP contribution in [0, 0.1) is 13.8 Å². The fourth-order valence-electron chi connectivity index (χ4n) is 1.53. The molecule has 2 heterocycles. The Hall–Kier alpha value is -1.91. The van der Waals surface area contributed by atoms with Crippen molar-refractivity contribution in [1.29, 1.82) is 0 Å². The highest BCUT2D eigenvalue weighted by atomic mass is 15.2. The molecular weight excluding hydrogens is 214 g/mol. The summed E-state index contributed by atoms with van der Waals surface area (Å²) in [4.78, 5) is 4.00. The van der Waals surface area contributed by atoms with E-state index in [0.29, 0.717) is 0 Å². The number of imidazole rings is 1. The van der Waals surface area contributed by atoms with Crippen molar-refractivity contribution >= 4 is 5.82 Å². The summed E-state index contributed by atoms with van der Waals surface area (Å²) in [6.45, 7) is 5.85. The van der Waals surface area contributed by atoms with E-state index in [2.05, 4.69) is 25.1 Å². The van der Waals surface area contributed by atoms with Crippen molar-refractivity contribution in [1.82, 2.24) is 19.7 Å². The molecule has 0 radical (unpaired) electrons. The molecule has 0 atom stereocenters. The SMILES string of the molecule is Cc1cc(NCCCn2ccnc2)nnc1C. The van der Waals surface area contributed by atoms with E-state index in [0.717, 1.165) is 36.6 Å². The highest BCUT2D eigenvalue weighted by Gasteiger charge is 1.98. The Bertz CT molecular complexity index is 464. The zero-order valence-electron chi connectivity index (χ0n) is 10.2. The summed E-state index contributed by atoms with van der Waals surface area (Å²) in [5.74, 6) is 0.846. The maximum atomic E-state index is 4.09. The van der Waals surface area contributed by atoms with Crippen molar-refractivity contribution in [3.05, 3.63) is 36.0 Å². The number of aryl methyl sites for hydroxylation is 3. The van der Waals surface area contributed by atoms with Crippen LogP contribution in [0.2, 0.25) is 0 Å². The molecule has 5 heteroatoms. The van der Waals surface area contributed by atoms with Gasteiger partial charge in [0.1, 0.15) is 5.82 Å². The van der Waals surface area contributed by atoms with E-state index < -0.39 is 0 Å². The van der Waals surface area contributed by atoms with Crippen molar-refractivity contribution in [2.75, 3.05) is 11.9 Å². The van der Waals surface area contributed by atoms with Gasteiger partial charge in [-0.15, -0.1) is 5.10 Å². The van der Waals surface area contributed by atoms with Crippen molar-refractivity contribution < 1.29 is 0 Å². The number of hydrogen-bond acceptors (Lipinski definition) is 4. The van der Waals surface area contributed by atoms with Gasteiger partial charge in [0.25, 0.3) is 0 Å². The van der Waals surface area contributed by atoms with E-state index in [1.807, 2.05) is 32.4 Å². The van der Waals surface area contributed by atoms with Crippen LogP contribution in [0.1, 0.15) is 17.7 Å². The number of nitrogens with one attached hydrogen (secondary N) is 1. The molecule has 2 aromatic heterocycles. The number of rotatable bonds is 5. The second-order valence-corrected chi connectivity index (χ2v) is 4.08. The van der Waals surface area contributed by atoms with Gasteiger partial charge in [-0.2, -0.15) is 5.10 Å². The van der Waals surface area contributed by atoms with E-state index in [4.69, 9.17) is 0 Å². The summed E-state index contributed by atoms with van der Waals surface area (Å²) < 4.78 is 2.06. The van der Waals surface area contributed by atoms with Gasteiger partial charge in [0.2, 0.25) is 0 Å². The summed E-state index contributed by atoms with van der Waals surface area (Å²) in [5.41, 5.74) is 2.14. The molecular formula is C12H17N5. The van der Waals surface area contributed by atoms with Gasteiger partial charge >= 0.3 is 0 Å². The molecule has 17 heavy (non-hydrogen) atoms. The number of anilines is 1. The minimum absolute atomic E-state index is 0.846. The molecule has 0 aliphatic carbocycles. The van der Waals surface area contributed by atoms with Crippen LogP contribution in [0.15, 0.2) is 24.8 Å². The molecule has 0 amide bonds. The second-order valence-electron chi connectivity index (χ2n) is 4.08. The summed E-state index contributed by atoms with van der Waals surface area (Å²) in [7, 11) is 0. The zero-order valence-corrected chi connectivity index (χ0v) is 10.2. The first-order chi connectivity index (χ1) is 8.25. The van der Waals surface area contributed by atoms with Gasteiger partial charge in [0.05, 0.1) is 12.0 Å². The first-order valence-electron chi connectivity index (χ1n) is 5.76. The molecule has 0 aliphatic heterocycles. The Morgan fingerprint density at radius 1 is 1.29 bits per heavy atom. The van der Waals surface area contributed by atoms with Crippen molar-refractivity contribution in [3.63, 3.8) is 0 Å². The third-order valence-electron chi connectivity index (χ3n) is 2.69. The van der Waals surface area contributed by atoms with Gasteiger partial charge in [-0.25, -0.2) is 4.98 Å². The van der Waals surface area contributed by atoms with Gasteiger partial charge in [-0.1, -0.05) is 0 Å². The van der Waals surface area contributed by atoms with Gasteiger partial charge in [-0.3, -0.25) is 0 Å². The van der Waals surface area contributed by atoms with Crippen LogP contribution in [-0.2, 0) is 6.54 Å². The van der Waals surface area contributed by atoms with Crippen LogP contribution < -0.4 is 5.32 Å². The van der Waals surface area contributed by atoms with E-state index >= 15 is 0 Å². The number of hydrogen-bond donors (Lipinski definition) is 1. The Morgan fingerprint density at radius 3 is 2.88 bits per heavy atom. The molecule has 90 valence electrons. The van der Waals surface area contributed by atoms with Gasteiger partial charge in [-0.05, 0) is 31.9 Å². The average Bonchev–Trinajstić information content (AvgIpc) is 2.82. The topological polar surface area (TPSA) is 55.6 Å². The number of aromatic nitrogens is 4. The van der Waals surface area contributed by atoms with E-state index in [9.17, 15) is 0 Å². The van der Waals surface area contributed by atoms with Crippen molar-refractivity contribution in [3.8, 4) is 0 Å². The van der Waals surface area contributed by atoms with Crippen LogP contribution in [0.5, 0.6) is 0 Å². The zero-order chi connectivity index (χ0) is 12.1. The molecule has 1 N–H and O–H groups in total. The monoisotopic (exact) mass is 231 g/mol. The molecule has 0 aliphatic rings. The molecule has 0 bridgehead atoms. The lowest BCUT2D eigenvalue weighted by Gasteiger charge is -2.06. The Morgan fingerprint density at radius 2 is 2.18 bits per heavy atom. The standard InChI is InChI=1S/C12H17N5/c1-10-8-12(16-15-11(10)2)14-4-3-6-17-7-5-13-9-17/h5,7-9H,3-4,6H2,1-2H3,(H,14,16). The maximum absolute atomic E-state index is 4.09. The molecule has 0 unspecified atom stereocenters. The molecule has 2 rings (SSSR count). The van der Waals surface area contributed by atoms with E-state index in [-0.39, 0.29) is 0 Å². The lowest BCUT2D eigenvalue weighted by Crippen LogP contribution is -2.08. The molecule has 2 aromatic rings. The smallest absolute Gasteiger partial charge is 0.148 e. The lowest BCUT2D eigenvalue weighted by atomic mass is 10.2. The van der Waals surface area contributed by atoms with Crippen LogP contribution in [-0.4, -0.2) is 26.3 Å². The molecule has 0 aromatic carbocycles. The van der Waals surface area contributed by atoms with Crippen LogP contribution in [0.25, 0.3) is 0 Å². The molecule has 0 saturated heterocycles. The summed E-state index contributed by atoms with van der Waals surface area (Å²) in [6.07, 6.45) is 6.62. The van der Waals surface area contributed by atoms with Gasteiger partial charge in [0, 0.05) is 25.5 Å². The van der Waals surface area contributed by atoms with Crippen molar-refractivity contribution in [2.24, 2.45) is 0 Å². The first kappa shape index (κ1) is 11.6.